The number of anilines is 1. The summed E-state index contributed by atoms with van der Waals surface area (Å²) in [6, 6.07) is 10.2. The second-order valence-electron chi connectivity index (χ2n) is 4.08. The number of ether oxygens (including phenoxy) is 1. The van der Waals surface area contributed by atoms with E-state index < -0.39 is 0 Å². The van der Waals surface area contributed by atoms with Gasteiger partial charge in [0.1, 0.15) is 11.8 Å². The number of aromatic nitrogens is 1. The molecule has 1 heterocycles. The minimum Gasteiger partial charge on any atom is -0.495 e. The Morgan fingerprint density at radius 1 is 1.37 bits per heavy atom. The molecule has 2 aromatic rings. The summed E-state index contributed by atoms with van der Waals surface area (Å²) in [6.07, 6.45) is 1.59. The molecule has 0 spiro atoms. The van der Waals surface area contributed by atoms with Gasteiger partial charge in [-0.15, -0.1) is 0 Å². The Labute approximate surface area is 110 Å². The zero-order valence-corrected chi connectivity index (χ0v) is 10.5. The lowest BCUT2D eigenvalue weighted by Crippen LogP contribution is -2.19. The number of nitrogens with two attached hydrogens (primary N) is 1. The molecule has 96 valence electrons. The Kier molecular flexibility index (Phi) is 3.53. The molecule has 0 aliphatic rings. The summed E-state index contributed by atoms with van der Waals surface area (Å²) < 4.78 is 6.64. The molecule has 0 unspecified atom stereocenters. The van der Waals surface area contributed by atoms with Gasteiger partial charge < -0.3 is 15.0 Å². The zero-order valence-electron chi connectivity index (χ0n) is 10.5. The molecular formula is C14H13N3O2. The Balaban J connectivity index is 2.36. The van der Waals surface area contributed by atoms with Crippen LogP contribution in [-0.4, -0.2) is 11.7 Å². The molecule has 0 aliphatic heterocycles. The van der Waals surface area contributed by atoms with Crippen molar-refractivity contribution < 1.29 is 4.74 Å². The molecule has 5 heteroatoms. The highest BCUT2D eigenvalue weighted by molar-refractivity contribution is 5.45. The Bertz CT molecular complexity index is 699. The molecular weight excluding hydrogens is 242 g/mol. The van der Waals surface area contributed by atoms with E-state index in [2.05, 4.69) is 0 Å². The molecule has 1 aromatic heterocycles. The van der Waals surface area contributed by atoms with Gasteiger partial charge in [-0.05, 0) is 23.8 Å². The maximum Gasteiger partial charge on any atom is 0.250 e. The standard InChI is InChI=1S/C14H13N3O2/c1-19-13-6-10(2-3-11(13)7-15)8-17-9-12(16)4-5-14(17)18/h2-6,9H,8,16H2,1H3. The van der Waals surface area contributed by atoms with Gasteiger partial charge in [0, 0.05) is 18.0 Å². The van der Waals surface area contributed by atoms with Crippen molar-refractivity contribution >= 4 is 5.69 Å². The van der Waals surface area contributed by atoms with Crippen molar-refractivity contribution in [3.63, 3.8) is 0 Å². The highest BCUT2D eigenvalue weighted by Crippen LogP contribution is 2.19. The quantitative estimate of drug-likeness (QED) is 0.897. The number of rotatable bonds is 3. The summed E-state index contributed by atoms with van der Waals surface area (Å²) in [5.41, 5.74) is 7.38. The van der Waals surface area contributed by atoms with Crippen molar-refractivity contribution in [2.24, 2.45) is 0 Å². The minimum atomic E-state index is -0.127. The lowest BCUT2D eigenvalue weighted by Gasteiger charge is -2.09. The van der Waals surface area contributed by atoms with Crippen LogP contribution in [0.4, 0.5) is 5.69 Å². The second-order valence-corrected chi connectivity index (χ2v) is 4.08. The van der Waals surface area contributed by atoms with E-state index in [1.165, 1.54) is 17.7 Å². The lowest BCUT2D eigenvalue weighted by molar-refractivity contribution is 0.413. The maximum atomic E-state index is 11.7. The molecule has 0 saturated heterocycles. The molecule has 0 radical (unpaired) electrons. The third kappa shape index (κ3) is 2.75. The number of benzene rings is 1. The summed E-state index contributed by atoms with van der Waals surface area (Å²) in [7, 11) is 1.51. The molecule has 19 heavy (non-hydrogen) atoms. The molecule has 5 nitrogen and oxygen atoms in total. The van der Waals surface area contributed by atoms with Crippen LogP contribution in [0.25, 0.3) is 0 Å². The van der Waals surface area contributed by atoms with Gasteiger partial charge >= 0.3 is 0 Å². The van der Waals surface area contributed by atoms with E-state index in [1.807, 2.05) is 6.07 Å². The average Bonchev–Trinajstić information content (AvgIpc) is 2.42. The average molecular weight is 255 g/mol. The van der Waals surface area contributed by atoms with Gasteiger partial charge in [0.05, 0.1) is 19.2 Å². The van der Waals surface area contributed by atoms with Crippen LogP contribution in [0.5, 0.6) is 5.75 Å². The van der Waals surface area contributed by atoms with Crippen LogP contribution in [0.2, 0.25) is 0 Å². The Morgan fingerprint density at radius 2 is 2.16 bits per heavy atom. The monoisotopic (exact) mass is 255 g/mol. The Morgan fingerprint density at radius 3 is 2.84 bits per heavy atom. The predicted octanol–water partition coefficient (Wildman–Crippen LogP) is 1.36. The van der Waals surface area contributed by atoms with Crippen LogP contribution in [0, 0.1) is 11.3 Å². The Hall–Kier alpha value is -2.74. The van der Waals surface area contributed by atoms with Crippen molar-refractivity contribution in [3.05, 3.63) is 58.0 Å². The van der Waals surface area contributed by atoms with E-state index in [0.29, 0.717) is 23.5 Å². The fourth-order valence-corrected chi connectivity index (χ4v) is 1.80. The van der Waals surface area contributed by atoms with Crippen LogP contribution in [-0.2, 0) is 6.54 Å². The van der Waals surface area contributed by atoms with Gasteiger partial charge in [-0.3, -0.25) is 4.79 Å². The number of nitrogen functional groups attached to an aromatic ring is 1. The van der Waals surface area contributed by atoms with Crippen LogP contribution in [0.15, 0.2) is 41.3 Å². The first kappa shape index (κ1) is 12.7. The number of nitriles is 1. The van der Waals surface area contributed by atoms with E-state index in [-0.39, 0.29) is 5.56 Å². The summed E-state index contributed by atoms with van der Waals surface area (Å²) in [6.45, 7) is 0.381. The summed E-state index contributed by atoms with van der Waals surface area (Å²) in [4.78, 5) is 11.7. The van der Waals surface area contributed by atoms with E-state index >= 15 is 0 Å². The number of hydrogen-bond donors (Lipinski definition) is 1. The fourth-order valence-electron chi connectivity index (χ4n) is 1.80. The van der Waals surface area contributed by atoms with Crippen LogP contribution >= 0.6 is 0 Å². The molecule has 1 aromatic carbocycles. The summed E-state index contributed by atoms with van der Waals surface area (Å²) >= 11 is 0. The summed E-state index contributed by atoms with van der Waals surface area (Å²) in [5, 5.41) is 8.91. The SMILES string of the molecule is COc1cc(Cn2cc(N)ccc2=O)ccc1C#N. The van der Waals surface area contributed by atoms with E-state index in [1.54, 1.807) is 30.5 Å². The topological polar surface area (TPSA) is 81.0 Å². The first-order valence-electron chi connectivity index (χ1n) is 5.67. The van der Waals surface area contributed by atoms with Gasteiger partial charge in [0.25, 0.3) is 5.56 Å². The van der Waals surface area contributed by atoms with Crippen molar-refractivity contribution in [2.75, 3.05) is 12.8 Å². The molecule has 0 saturated carbocycles. The number of methoxy groups -OCH3 is 1. The third-order valence-corrected chi connectivity index (χ3v) is 2.75. The number of nitrogens with zero attached hydrogens (tertiary/aromatic N) is 2. The zero-order chi connectivity index (χ0) is 13.8. The maximum absolute atomic E-state index is 11.7. The van der Waals surface area contributed by atoms with Crippen LogP contribution < -0.4 is 16.0 Å². The van der Waals surface area contributed by atoms with Gasteiger partial charge in [0.15, 0.2) is 0 Å². The van der Waals surface area contributed by atoms with Gasteiger partial charge in [-0.25, -0.2) is 0 Å². The van der Waals surface area contributed by atoms with Crippen molar-refractivity contribution in [1.82, 2.24) is 4.57 Å². The molecule has 0 bridgehead atoms. The van der Waals surface area contributed by atoms with Crippen molar-refractivity contribution in [1.29, 1.82) is 5.26 Å². The number of pyridine rings is 1. The molecule has 2 rings (SSSR count). The van der Waals surface area contributed by atoms with Crippen LogP contribution in [0.1, 0.15) is 11.1 Å². The highest BCUT2D eigenvalue weighted by Gasteiger charge is 2.05. The van der Waals surface area contributed by atoms with E-state index in [0.717, 1.165) is 5.56 Å². The molecule has 0 aliphatic carbocycles. The largest absolute Gasteiger partial charge is 0.495 e. The third-order valence-electron chi connectivity index (χ3n) is 2.75. The van der Waals surface area contributed by atoms with Crippen molar-refractivity contribution in [2.45, 2.75) is 6.54 Å². The van der Waals surface area contributed by atoms with Gasteiger partial charge in [-0.2, -0.15) is 5.26 Å². The van der Waals surface area contributed by atoms with Crippen molar-refractivity contribution in [3.8, 4) is 11.8 Å². The highest BCUT2D eigenvalue weighted by atomic mass is 16.5. The molecule has 0 amide bonds. The first-order chi connectivity index (χ1) is 9.13. The van der Waals surface area contributed by atoms with Crippen LogP contribution in [0.3, 0.4) is 0 Å². The van der Waals surface area contributed by atoms with E-state index in [9.17, 15) is 4.79 Å². The second kappa shape index (κ2) is 5.27. The summed E-state index contributed by atoms with van der Waals surface area (Å²) in [5.74, 6) is 0.497. The normalized spacial score (nSPS) is 9.89. The smallest absolute Gasteiger partial charge is 0.250 e. The number of hydrogen-bond acceptors (Lipinski definition) is 4. The fraction of sp³-hybridized carbons (Fsp3) is 0.143. The minimum absolute atomic E-state index is 0.127. The molecule has 2 N–H and O–H groups in total. The predicted molar refractivity (Wildman–Crippen MR) is 71.9 cm³/mol. The first-order valence-corrected chi connectivity index (χ1v) is 5.67. The lowest BCUT2D eigenvalue weighted by atomic mass is 10.1. The molecule has 0 fully saturated rings. The molecule has 0 atom stereocenters. The van der Waals surface area contributed by atoms with Gasteiger partial charge in [0.2, 0.25) is 0 Å². The van der Waals surface area contributed by atoms with E-state index in [4.69, 9.17) is 15.7 Å². The van der Waals surface area contributed by atoms with Gasteiger partial charge in [-0.1, -0.05) is 6.07 Å².